The highest BCUT2D eigenvalue weighted by atomic mass is 32.1. The highest BCUT2D eigenvalue weighted by Crippen LogP contribution is 2.42. The molecule has 0 fully saturated rings. The lowest BCUT2D eigenvalue weighted by atomic mass is 10.1. The predicted octanol–water partition coefficient (Wildman–Crippen LogP) is 8.12. The molecule has 7 aromatic rings. The van der Waals surface area contributed by atoms with Crippen LogP contribution in [-0.4, -0.2) is 14.5 Å². The Morgan fingerprint density at radius 2 is 1.12 bits per heavy atom. The molecule has 0 radical (unpaired) electrons. The van der Waals surface area contributed by atoms with Gasteiger partial charge < -0.3 is 0 Å². The zero-order chi connectivity index (χ0) is 22.5. The fraction of sp³-hybridized carbons (Fsp3) is 0. The van der Waals surface area contributed by atoms with E-state index < -0.39 is 0 Å². The third-order valence-corrected chi connectivity index (χ3v) is 7.40. The molecule has 0 saturated carbocycles. The Morgan fingerprint density at radius 1 is 0.559 bits per heavy atom. The number of hydrogen-bond donors (Lipinski definition) is 0. The van der Waals surface area contributed by atoms with Crippen molar-refractivity contribution in [3.63, 3.8) is 0 Å². The molecule has 0 N–H and O–H groups in total. The van der Waals surface area contributed by atoms with Gasteiger partial charge in [0, 0.05) is 32.0 Å². The zero-order valence-electron chi connectivity index (χ0n) is 18.2. The van der Waals surface area contributed by atoms with Gasteiger partial charge in [-0.3, -0.25) is 4.57 Å². The molecule has 0 amide bonds. The largest absolute Gasteiger partial charge is 0.269 e. The van der Waals surface area contributed by atoms with Crippen LogP contribution in [0.4, 0.5) is 0 Å². The van der Waals surface area contributed by atoms with Crippen molar-refractivity contribution < 1.29 is 0 Å². The van der Waals surface area contributed by atoms with Crippen LogP contribution in [0.3, 0.4) is 0 Å². The Morgan fingerprint density at radius 3 is 1.79 bits per heavy atom. The molecule has 0 aliphatic carbocycles. The maximum absolute atomic E-state index is 5.10. The lowest BCUT2D eigenvalue weighted by Crippen LogP contribution is -2.03. The second kappa shape index (κ2) is 7.65. The summed E-state index contributed by atoms with van der Waals surface area (Å²) in [6.07, 6.45) is 0. The second-order valence-corrected chi connectivity index (χ2v) is 9.33. The summed E-state index contributed by atoms with van der Waals surface area (Å²) < 4.78 is 3.50. The molecule has 3 nitrogen and oxygen atoms in total. The van der Waals surface area contributed by atoms with E-state index >= 15 is 0 Å². The molecule has 4 aromatic carbocycles. The lowest BCUT2D eigenvalue weighted by molar-refractivity contribution is 1.00. The Bertz CT molecular complexity index is 1740. The topological polar surface area (TPSA) is 30.7 Å². The maximum atomic E-state index is 5.10. The summed E-state index contributed by atoms with van der Waals surface area (Å²) in [6.45, 7) is 0. The predicted molar refractivity (Wildman–Crippen MR) is 143 cm³/mol. The van der Waals surface area contributed by atoms with Crippen LogP contribution in [0, 0.1) is 0 Å². The Balaban J connectivity index is 1.59. The molecule has 0 aliphatic rings. The molecule has 0 unspecified atom stereocenters. The number of fused-ring (bicyclic) bond motifs is 5. The van der Waals surface area contributed by atoms with E-state index in [1.54, 1.807) is 11.3 Å². The monoisotopic (exact) mass is 453 g/mol. The Hall–Kier alpha value is -4.28. The van der Waals surface area contributed by atoms with E-state index in [1.807, 2.05) is 12.1 Å². The lowest BCUT2D eigenvalue weighted by Gasteiger charge is -2.11. The third kappa shape index (κ3) is 2.96. The molecule has 0 bridgehead atoms. The van der Waals surface area contributed by atoms with Gasteiger partial charge in [-0.1, -0.05) is 97.1 Å². The van der Waals surface area contributed by atoms with Gasteiger partial charge in [0.05, 0.1) is 16.9 Å². The fourth-order valence-electron chi connectivity index (χ4n) is 4.69. The van der Waals surface area contributed by atoms with E-state index in [9.17, 15) is 0 Å². The van der Waals surface area contributed by atoms with Crippen LogP contribution in [0.5, 0.6) is 0 Å². The van der Waals surface area contributed by atoms with Crippen molar-refractivity contribution in [2.24, 2.45) is 0 Å². The molecule has 0 atom stereocenters. The van der Waals surface area contributed by atoms with Crippen LogP contribution in [0.25, 0.3) is 59.7 Å². The fourth-order valence-corrected chi connectivity index (χ4v) is 5.91. The Labute approximate surface area is 200 Å². The number of rotatable bonds is 3. The summed E-state index contributed by atoms with van der Waals surface area (Å²) >= 11 is 1.80. The molecule has 4 heteroatoms. The van der Waals surface area contributed by atoms with Gasteiger partial charge in [0.25, 0.3) is 0 Å². The van der Waals surface area contributed by atoms with E-state index in [2.05, 4.69) is 108 Å². The van der Waals surface area contributed by atoms with Gasteiger partial charge in [0.2, 0.25) is 5.95 Å². The van der Waals surface area contributed by atoms with Crippen LogP contribution < -0.4 is 0 Å². The molecule has 0 aliphatic heterocycles. The van der Waals surface area contributed by atoms with E-state index in [4.69, 9.17) is 9.97 Å². The highest BCUT2D eigenvalue weighted by molar-refractivity contribution is 7.25. The molecule has 0 spiro atoms. The molecule has 3 heterocycles. The number of para-hydroxylation sites is 1. The normalized spacial score (nSPS) is 11.5. The van der Waals surface area contributed by atoms with Crippen molar-refractivity contribution >= 4 is 42.5 Å². The number of hydrogen-bond acceptors (Lipinski definition) is 3. The third-order valence-electron chi connectivity index (χ3n) is 6.25. The first-order chi connectivity index (χ1) is 16.9. The van der Waals surface area contributed by atoms with Gasteiger partial charge >= 0.3 is 0 Å². The van der Waals surface area contributed by atoms with Gasteiger partial charge in [0.15, 0.2) is 0 Å². The van der Waals surface area contributed by atoms with Gasteiger partial charge in [0.1, 0.15) is 4.83 Å². The summed E-state index contributed by atoms with van der Waals surface area (Å²) in [5, 5.41) is 3.77. The van der Waals surface area contributed by atoms with E-state index in [1.165, 1.54) is 25.7 Å². The maximum Gasteiger partial charge on any atom is 0.236 e. The molecule has 7 rings (SSSR count). The average molecular weight is 454 g/mol. The number of nitrogens with zero attached hydrogens (tertiary/aromatic N) is 3. The minimum Gasteiger partial charge on any atom is -0.269 e. The van der Waals surface area contributed by atoms with Crippen molar-refractivity contribution in [2.45, 2.75) is 0 Å². The minimum atomic E-state index is 0.693. The molecule has 34 heavy (non-hydrogen) atoms. The summed E-state index contributed by atoms with van der Waals surface area (Å²) in [4.78, 5) is 11.4. The number of aromatic nitrogens is 3. The summed E-state index contributed by atoms with van der Waals surface area (Å²) in [5.74, 6) is 0.693. The molecule has 3 aromatic heterocycles. The van der Waals surface area contributed by atoms with E-state index in [0.29, 0.717) is 5.95 Å². The standard InChI is InChI=1S/C30H19N3S/c1-3-11-20(12-4-1)24-19-25(21-13-5-2-6-14-21)32-30(31-24)33-26-17-9-7-15-22(26)28-23-16-8-10-18-27(23)34-29(28)33/h1-19H. The smallest absolute Gasteiger partial charge is 0.236 e. The second-order valence-electron chi connectivity index (χ2n) is 8.30. The first-order valence-corrected chi connectivity index (χ1v) is 12.1. The SMILES string of the molecule is c1ccc(-c2cc(-c3ccccc3)nc(-n3c4ccccc4c4c5ccccc5sc43)n2)cc1. The van der Waals surface area contributed by atoms with Crippen molar-refractivity contribution in [3.05, 3.63) is 115 Å². The van der Waals surface area contributed by atoms with Crippen LogP contribution in [0.15, 0.2) is 115 Å². The average Bonchev–Trinajstić information content (AvgIpc) is 3.44. The first kappa shape index (κ1) is 19.2. The number of benzene rings is 4. The molecular weight excluding hydrogens is 434 g/mol. The van der Waals surface area contributed by atoms with E-state index in [0.717, 1.165) is 28.0 Å². The van der Waals surface area contributed by atoms with Crippen LogP contribution in [0.1, 0.15) is 0 Å². The van der Waals surface area contributed by atoms with Gasteiger partial charge in [-0.05, 0) is 18.2 Å². The summed E-state index contributed by atoms with van der Waals surface area (Å²) in [5.41, 5.74) is 5.10. The van der Waals surface area contributed by atoms with Crippen LogP contribution >= 0.6 is 11.3 Å². The van der Waals surface area contributed by atoms with Crippen molar-refractivity contribution in [1.29, 1.82) is 0 Å². The molecular formula is C30H19N3S. The Kier molecular flexibility index (Phi) is 4.32. The zero-order valence-corrected chi connectivity index (χ0v) is 19.0. The summed E-state index contributed by atoms with van der Waals surface area (Å²) in [6, 6.07) is 39.9. The molecule has 160 valence electrons. The number of thiophene rings is 1. The van der Waals surface area contributed by atoms with Gasteiger partial charge in [-0.2, -0.15) is 0 Å². The van der Waals surface area contributed by atoms with Crippen LogP contribution in [-0.2, 0) is 0 Å². The highest BCUT2D eigenvalue weighted by Gasteiger charge is 2.20. The van der Waals surface area contributed by atoms with E-state index in [-0.39, 0.29) is 0 Å². The van der Waals surface area contributed by atoms with Crippen molar-refractivity contribution in [3.8, 4) is 28.5 Å². The van der Waals surface area contributed by atoms with Crippen molar-refractivity contribution in [1.82, 2.24) is 14.5 Å². The first-order valence-electron chi connectivity index (χ1n) is 11.3. The quantitative estimate of drug-likeness (QED) is 0.270. The molecule has 0 saturated heterocycles. The van der Waals surface area contributed by atoms with Gasteiger partial charge in [-0.15, -0.1) is 11.3 Å². The van der Waals surface area contributed by atoms with Gasteiger partial charge in [-0.25, -0.2) is 9.97 Å². The van der Waals surface area contributed by atoms with Crippen LogP contribution in [0.2, 0.25) is 0 Å². The summed E-state index contributed by atoms with van der Waals surface area (Å²) in [7, 11) is 0. The minimum absolute atomic E-state index is 0.693. The van der Waals surface area contributed by atoms with Crippen molar-refractivity contribution in [2.75, 3.05) is 0 Å².